The van der Waals surface area contributed by atoms with Gasteiger partial charge in [0, 0.05) is 10.6 Å². The van der Waals surface area contributed by atoms with Crippen molar-refractivity contribution in [3.05, 3.63) is 82.2 Å². The van der Waals surface area contributed by atoms with Crippen LogP contribution in [0.4, 0.5) is 15.5 Å². The summed E-state index contributed by atoms with van der Waals surface area (Å²) >= 11 is 1.10. The van der Waals surface area contributed by atoms with Gasteiger partial charge in [-0.25, -0.2) is 9.59 Å². The second kappa shape index (κ2) is 9.03. The van der Waals surface area contributed by atoms with Gasteiger partial charge in [-0.3, -0.25) is 19.8 Å². The summed E-state index contributed by atoms with van der Waals surface area (Å²) in [7, 11) is 0. The number of esters is 1. The second-order valence-electron chi connectivity index (χ2n) is 6.86. The lowest BCUT2D eigenvalue weighted by Gasteiger charge is -2.12. The molecule has 1 aliphatic rings. The number of nitrogens with zero attached hydrogens (tertiary/aromatic N) is 1. The number of benzene rings is 2. The number of urea groups is 1. The van der Waals surface area contributed by atoms with Crippen molar-refractivity contribution in [2.24, 2.45) is 0 Å². The lowest BCUT2D eigenvalue weighted by molar-refractivity contribution is 0.0527. The van der Waals surface area contributed by atoms with E-state index in [1.165, 1.54) is 6.07 Å². The first-order valence-corrected chi connectivity index (χ1v) is 10.7. The number of imide groups is 1. The van der Waals surface area contributed by atoms with Crippen LogP contribution in [0.5, 0.6) is 0 Å². The van der Waals surface area contributed by atoms with E-state index in [1.807, 2.05) is 6.07 Å². The zero-order valence-corrected chi connectivity index (χ0v) is 17.9. The number of nitrogens with one attached hydrogen (secondary N) is 2. The number of hydrogen-bond acceptors (Lipinski definition) is 6. The van der Waals surface area contributed by atoms with Gasteiger partial charge in [0.15, 0.2) is 0 Å². The number of rotatable bonds is 6. The number of ether oxygens (including phenoxy) is 1. The first-order chi connectivity index (χ1) is 15.5. The number of para-hydroxylation sites is 1. The molecule has 3 aromatic rings. The van der Waals surface area contributed by atoms with Gasteiger partial charge < -0.3 is 10.1 Å². The molecule has 162 valence electrons. The van der Waals surface area contributed by atoms with Crippen LogP contribution in [0, 0.1) is 0 Å². The molecule has 2 heterocycles. The van der Waals surface area contributed by atoms with Crippen LogP contribution in [0.1, 0.15) is 42.9 Å². The van der Waals surface area contributed by atoms with E-state index >= 15 is 0 Å². The number of fused-ring (bicyclic) bond motifs is 1. The van der Waals surface area contributed by atoms with Gasteiger partial charge in [0.1, 0.15) is 5.00 Å². The molecule has 0 radical (unpaired) electrons. The molecule has 0 aliphatic carbocycles. The van der Waals surface area contributed by atoms with E-state index in [0.29, 0.717) is 21.7 Å². The average molecular weight is 449 g/mol. The molecule has 2 N–H and O–H groups in total. The number of amides is 4. The lowest BCUT2D eigenvalue weighted by atomic mass is 10.1. The number of carbonyl (C=O) groups excluding carboxylic acids is 4. The molecule has 0 fully saturated rings. The van der Waals surface area contributed by atoms with E-state index in [-0.39, 0.29) is 23.7 Å². The van der Waals surface area contributed by atoms with Gasteiger partial charge in [-0.2, -0.15) is 0 Å². The number of carbonyl (C=O) groups is 4. The highest BCUT2D eigenvalue weighted by Gasteiger charge is 2.35. The maximum atomic E-state index is 12.7. The fourth-order valence-electron chi connectivity index (χ4n) is 3.30. The highest BCUT2D eigenvalue weighted by molar-refractivity contribution is 7.16. The summed E-state index contributed by atoms with van der Waals surface area (Å²) < 4.78 is 5.09. The van der Waals surface area contributed by atoms with Crippen LogP contribution in [0.15, 0.2) is 60.7 Å². The second-order valence-corrected chi connectivity index (χ2v) is 8.00. The maximum absolute atomic E-state index is 12.7. The predicted octanol–water partition coefficient (Wildman–Crippen LogP) is 4.37. The van der Waals surface area contributed by atoms with Crippen molar-refractivity contribution in [2.75, 3.05) is 17.2 Å². The van der Waals surface area contributed by atoms with Crippen LogP contribution in [-0.2, 0) is 11.3 Å². The van der Waals surface area contributed by atoms with E-state index in [1.54, 1.807) is 55.5 Å². The van der Waals surface area contributed by atoms with Crippen LogP contribution < -0.4 is 10.6 Å². The summed E-state index contributed by atoms with van der Waals surface area (Å²) in [5.74, 6) is -1.39. The molecule has 0 bridgehead atoms. The van der Waals surface area contributed by atoms with Crippen molar-refractivity contribution in [3.63, 3.8) is 0 Å². The third-order valence-electron chi connectivity index (χ3n) is 4.73. The predicted molar refractivity (Wildman–Crippen MR) is 120 cm³/mol. The lowest BCUT2D eigenvalue weighted by Crippen LogP contribution is -2.28. The van der Waals surface area contributed by atoms with Gasteiger partial charge in [0.2, 0.25) is 0 Å². The van der Waals surface area contributed by atoms with Crippen LogP contribution >= 0.6 is 11.3 Å². The zero-order valence-electron chi connectivity index (χ0n) is 17.1. The molecule has 9 heteroatoms. The van der Waals surface area contributed by atoms with E-state index < -0.39 is 23.8 Å². The van der Waals surface area contributed by atoms with Gasteiger partial charge >= 0.3 is 12.0 Å². The Morgan fingerprint density at radius 1 is 0.938 bits per heavy atom. The summed E-state index contributed by atoms with van der Waals surface area (Å²) in [4.78, 5) is 51.9. The highest BCUT2D eigenvalue weighted by atomic mass is 32.1. The molecule has 1 aliphatic heterocycles. The Kier molecular flexibility index (Phi) is 6.00. The fraction of sp³-hybridized carbons (Fsp3) is 0.130. The maximum Gasteiger partial charge on any atom is 0.341 e. The summed E-state index contributed by atoms with van der Waals surface area (Å²) in [5, 5.41) is 5.61. The SMILES string of the molecule is CCOC(=O)c1cc(CN2C(=O)c3ccccc3C2=O)sc1NC(=O)Nc1ccccc1. The Morgan fingerprint density at radius 2 is 1.56 bits per heavy atom. The van der Waals surface area contributed by atoms with Crippen LogP contribution in [-0.4, -0.2) is 35.3 Å². The number of thiophene rings is 1. The largest absolute Gasteiger partial charge is 0.462 e. The van der Waals surface area contributed by atoms with Crippen molar-refractivity contribution in [2.45, 2.75) is 13.5 Å². The van der Waals surface area contributed by atoms with Gasteiger partial charge in [-0.05, 0) is 37.3 Å². The zero-order chi connectivity index (χ0) is 22.7. The Bertz CT molecular complexity index is 1170. The fourth-order valence-corrected chi connectivity index (χ4v) is 4.33. The minimum Gasteiger partial charge on any atom is -0.462 e. The molecule has 4 rings (SSSR count). The summed E-state index contributed by atoms with van der Waals surface area (Å²) in [6, 6.07) is 16.5. The summed E-state index contributed by atoms with van der Waals surface area (Å²) in [6.45, 7) is 1.82. The normalized spacial score (nSPS) is 12.5. The van der Waals surface area contributed by atoms with Gasteiger partial charge in [-0.1, -0.05) is 30.3 Å². The van der Waals surface area contributed by atoms with Crippen LogP contribution in [0.2, 0.25) is 0 Å². The quantitative estimate of drug-likeness (QED) is 0.430. The molecule has 8 nitrogen and oxygen atoms in total. The van der Waals surface area contributed by atoms with Crippen LogP contribution in [0.3, 0.4) is 0 Å². The molecule has 0 spiro atoms. The van der Waals surface area contributed by atoms with Crippen molar-refractivity contribution in [3.8, 4) is 0 Å². The molecule has 0 atom stereocenters. The number of hydrogen-bond donors (Lipinski definition) is 2. The summed E-state index contributed by atoms with van der Waals surface area (Å²) in [5.41, 5.74) is 1.44. The van der Waals surface area contributed by atoms with Gasteiger partial charge in [0.25, 0.3) is 11.8 Å². The molecule has 0 unspecified atom stereocenters. The molecule has 0 saturated heterocycles. The first kappa shape index (κ1) is 21.3. The Hall–Kier alpha value is -3.98. The smallest absolute Gasteiger partial charge is 0.341 e. The molecule has 0 saturated carbocycles. The minimum absolute atomic E-state index is 0.0224. The standard InChI is InChI=1S/C23H19N3O5S/c1-2-31-22(29)18-12-15(13-26-20(27)16-10-6-7-11-17(16)21(26)28)32-19(18)25-23(30)24-14-8-4-3-5-9-14/h3-12H,2,13H2,1H3,(H2,24,25,30). The molecule has 4 amide bonds. The minimum atomic E-state index is -0.604. The van der Waals surface area contributed by atoms with E-state index in [2.05, 4.69) is 10.6 Å². The highest BCUT2D eigenvalue weighted by Crippen LogP contribution is 2.32. The molecule has 1 aromatic heterocycles. The monoisotopic (exact) mass is 449 g/mol. The average Bonchev–Trinajstić information content (AvgIpc) is 3.29. The van der Waals surface area contributed by atoms with Crippen molar-refractivity contribution in [1.29, 1.82) is 0 Å². The Morgan fingerprint density at radius 3 is 2.19 bits per heavy atom. The van der Waals surface area contributed by atoms with E-state index in [9.17, 15) is 19.2 Å². The molecule has 2 aromatic carbocycles. The van der Waals surface area contributed by atoms with Crippen LogP contribution in [0.25, 0.3) is 0 Å². The van der Waals surface area contributed by atoms with Crippen molar-refractivity contribution < 1.29 is 23.9 Å². The Balaban J connectivity index is 1.56. The summed E-state index contributed by atoms with van der Waals surface area (Å²) in [6.07, 6.45) is 0. The van der Waals surface area contributed by atoms with E-state index in [0.717, 1.165) is 16.2 Å². The van der Waals surface area contributed by atoms with E-state index in [4.69, 9.17) is 4.74 Å². The topological polar surface area (TPSA) is 105 Å². The number of anilines is 2. The molecular weight excluding hydrogens is 430 g/mol. The van der Waals surface area contributed by atoms with Gasteiger partial charge in [-0.15, -0.1) is 11.3 Å². The third kappa shape index (κ3) is 4.23. The van der Waals surface area contributed by atoms with Gasteiger partial charge in [0.05, 0.1) is 29.8 Å². The third-order valence-corrected chi connectivity index (χ3v) is 5.76. The van der Waals surface area contributed by atoms with Crippen molar-refractivity contribution in [1.82, 2.24) is 4.90 Å². The Labute approximate surface area is 187 Å². The first-order valence-electron chi connectivity index (χ1n) is 9.86. The molecular formula is C23H19N3O5S. The van der Waals surface area contributed by atoms with Crippen molar-refractivity contribution >= 4 is 45.8 Å². The molecule has 32 heavy (non-hydrogen) atoms.